The average Bonchev–Trinajstić information content (AvgIpc) is 1.85. The number of carbonyl (C=O) groups excluding carboxylic acids is 1. The Balaban J connectivity index is 0.00000121. The summed E-state index contributed by atoms with van der Waals surface area (Å²) in [5, 5.41) is 10.1. The molecule has 0 bridgehead atoms. The monoisotopic (exact) mass is 234 g/mol. The van der Waals surface area contributed by atoms with Gasteiger partial charge in [-0.25, -0.2) is 4.79 Å². The van der Waals surface area contributed by atoms with Crippen molar-refractivity contribution in [2.45, 2.75) is 0 Å². The van der Waals surface area contributed by atoms with Crippen molar-refractivity contribution < 1.29 is 26.9 Å². The second-order valence-corrected chi connectivity index (χ2v) is 1.79. The number of nitrogens with one attached hydrogen (secondary N) is 2. The van der Waals surface area contributed by atoms with Crippen LogP contribution in [0.4, 0.5) is 0 Å². The molecule has 0 spiro atoms. The Bertz CT molecular complexity index is 365. The number of carboxylic acid groups (broad SMARTS) is 1. The zero-order valence-corrected chi connectivity index (χ0v) is 7.17. The molecule has 66 valence electrons. The van der Waals surface area contributed by atoms with E-state index in [9.17, 15) is 19.5 Å². The van der Waals surface area contributed by atoms with Crippen LogP contribution >= 0.6 is 0 Å². The maximum Gasteiger partial charge on any atom is 0.326 e. The molecule has 0 aliphatic rings. The summed E-state index contributed by atoms with van der Waals surface area (Å²) in [5.41, 5.74) is -2.16. The maximum absolute atomic E-state index is 10.4. The number of aromatic carboxylic acids is 1. The number of rotatable bonds is 1. The summed E-state index contributed by atoms with van der Waals surface area (Å²) in [6.07, 6.45) is 0. The molecule has 0 unspecified atom stereocenters. The summed E-state index contributed by atoms with van der Waals surface area (Å²) in [5.74, 6) is -1.59. The summed E-state index contributed by atoms with van der Waals surface area (Å²) in [4.78, 5) is 34.6. The van der Waals surface area contributed by atoms with Gasteiger partial charge in [-0.1, -0.05) is 0 Å². The van der Waals surface area contributed by atoms with E-state index in [-0.39, 0.29) is 17.0 Å². The van der Waals surface area contributed by atoms with Crippen LogP contribution in [0, 0.1) is 0 Å². The van der Waals surface area contributed by atoms with Crippen molar-refractivity contribution in [3.8, 4) is 0 Å². The van der Waals surface area contributed by atoms with Crippen LogP contribution in [0.2, 0.25) is 0 Å². The third kappa shape index (κ3) is 2.35. The van der Waals surface area contributed by atoms with Gasteiger partial charge in [-0.3, -0.25) is 9.78 Å². The van der Waals surface area contributed by atoms with Crippen LogP contribution < -0.4 is 33.3 Å². The fourth-order valence-corrected chi connectivity index (χ4v) is 0.579. The largest absolute Gasteiger partial charge is 1.00 e. The van der Waals surface area contributed by atoms with E-state index in [1.54, 1.807) is 0 Å². The van der Waals surface area contributed by atoms with Gasteiger partial charge in [0, 0.05) is 6.07 Å². The highest BCUT2D eigenvalue weighted by Gasteiger charge is 1.94. The van der Waals surface area contributed by atoms with Gasteiger partial charge < -0.3 is 31.9 Å². The number of carbonyl (C=O) groups is 1. The van der Waals surface area contributed by atoms with Crippen molar-refractivity contribution >= 4 is 5.97 Å². The van der Waals surface area contributed by atoms with Crippen molar-refractivity contribution in [2.24, 2.45) is 0 Å². The van der Waals surface area contributed by atoms with Gasteiger partial charge in [0.1, 0.15) is 0 Å². The second kappa shape index (κ2) is 3.86. The first-order chi connectivity index (χ1) is 5.09. The van der Waals surface area contributed by atoms with Gasteiger partial charge >= 0.3 is 5.69 Å². The summed E-state index contributed by atoms with van der Waals surface area (Å²) in [6, 6.07) is 0.733. The molecule has 0 atom stereocenters. The molecule has 0 amide bonds. The average molecular weight is 235 g/mol. The lowest BCUT2D eigenvalue weighted by atomic mass is 10.4. The summed E-state index contributed by atoms with van der Waals surface area (Å²) >= 11 is 0. The Morgan fingerprint density at radius 3 is 2.33 bits per heavy atom. The highest BCUT2D eigenvalue weighted by molar-refractivity contribution is 5.82. The maximum atomic E-state index is 10.4. The second-order valence-electron chi connectivity index (χ2n) is 1.79. The SMILES string of the molecule is O=C([O-])c1cc(=O)[nH]c(=O)[nH]1.[Br-]. The zero-order valence-electron chi connectivity index (χ0n) is 5.59. The first-order valence-electron chi connectivity index (χ1n) is 2.64. The first-order valence-corrected chi connectivity index (χ1v) is 2.64. The lowest BCUT2D eigenvalue weighted by Gasteiger charge is -1.97. The van der Waals surface area contributed by atoms with Crippen LogP contribution in [0.15, 0.2) is 15.7 Å². The number of hydrogen-bond acceptors (Lipinski definition) is 4. The Morgan fingerprint density at radius 1 is 1.33 bits per heavy atom. The van der Waals surface area contributed by atoms with E-state index in [0.29, 0.717) is 0 Å². The van der Waals surface area contributed by atoms with E-state index in [1.165, 1.54) is 0 Å². The lowest BCUT2D eigenvalue weighted by molar-refractivity contribution is -0.255. The number of hydrogen-bond donors (Lipinski definition) is 2. The van der Waals surface area contributed by atoms with E-state index >= 15 is 0 Å². The number of H-pyrrole nitrogens is 2. The number of halogens is 1. The molecule has 0 radical (unpaired) electrons. The molecule has 7 heteroatoms. The van der Waals surface area contributed by atoms with Crippen molar-refractivity contribution in [1.29, 1.82) is 0 Å². The Labute approximate surface area is 76.0 Å². The van der Waals surface area contributed by atoms with E-state index in [0.717, 1.165) is 6.07 Å². The van der Waals surface area contributed by atoms with Crippen molar-refractivity contribution in [3.05, 3.63) is 32.6 Å². The van der Waals surface area contributed by atoms with E-state index in [1.807, 2.05) is 9.97 Å². The molecule has 0 aromatic carbocycles. The molecule has 2 N–H and O–H groups in total. The van der Waals surface area contributed by atoms with Gasteiger partial charge in [-0.15, -0.1) is 0 Å². The molecular weight excluding hydrogens is 232 g/mol. The molecule has 12 heavy (non-hydrogen) atoms. The normalized spacial score (nSPS) is 8.67. The summed E-state index contributed by atoms with van der Waals surface area (Å²) in [6.45, 7) is 0. The van der Waals surface area contributed by atoms with E-state index < -0.39 is 22.9 Å². The topological polar surface area (TPSA) is 106 Å². The molecule has 6 nitrogen and oxygen atoms in total. The standard InChI is InChI=1S/C5H4N2O4.BrH/c8-3-1-2(4(9)10)6-5(11)7-3;/h1H,(H,9,10)(H2,6,7,8,11);1H/p-2. The smallest absolute Gasteiger partial charge is 0.326 e. The third-order valence-electron chi connectivity index (χ3n) is 0.980. The van der Waals surface area contributed by atoms with Gasteiger partial charge in [-0.05, 0) is 0 Å². The van der Waals surface area contributed by atoms with Crippen LogP contribution in [0.25, 0.3) is 0 Å². The minimum absolute atomic E-state index is 0. The van der Waals surface area contributed by atoms with Gasteiger partial charge in [-0.2, -0.15) is 0 Å². The van der Waals surface area contributed by atoms with Crippen molar-refractivity contribution in [2.75, 3.05) is 0 Å². The van der Waals surface area contributed by atoms with Gasteiger partial charge in [0.15, 0.2) is 0 Å². The number of aromatic amines is 2. The summed E-state index contributed by atoms with van der Waals surface area (Å²) in [7, 11) is 0. The Kier molecular flexibility index (Phi) is 3.42. The lowest BCUT2D eigenvalue weighted by Crippen LogP contribution is -3.00. The van der Waals surface area contributed by atoms with E-state index in [4.69, 9.17) is 0 Å². The summed E-state index contributed by atoms with van der Waals surface area (Å²) < 4.78 is 0. The minimum atomic E-state index is -1.59. The molecule has 0 aliphatic heterocycles. The predicted molar refractivity (Wildman–Crippen MR) is 32.0 cm³/mol. The van der Waals surface area contributed by atoms with Crippen molar-refractivity contribution in [3.63, 3.8) is 0 Å². The van der Waals surface area contributed by atoms with Gasteiger partial charge in [0.05, 0.1) is 11.7 Å². The molecule has 1 aromatic heterocycles. The van der Waals surface area contributed by atoms with Crippen LogP contribution in [0.5, 0.6) is 0 Å². The molecule has 1 rings (SSSR count). The predicted octanol–water partition coefficient (Wildman–Crippen LogP) is -5.57. The van der Waals surface area contributed by atoms with E-state index in [2.05, 4.69) is 0 Å². The number of aromatic nitrogens is 2. The quantitative estimate of drug-likeness (QED) is 0.506. The highest BCUT2D eigenvalue weighted by Crippen LogP contribution is 1.78. The molecule has 1 aromatic rings. The van der Waals surface area contributed by atoms with Crippen LogP contribution in [-0.4, -0.2) is 15.9 Å². The molecule has 0 aliphatic carbocycles. The number of carboxylic acids is 1. The fraction of sp³-hybridized carbons (Fsp3) is 0. The molecule has 0 saturated carbocycles. The fourth-order valence-electron chi connectivity index (χ4n) is 0.579. The van der Waals surface area contributed by atoms with Crippen LogP contribution in [0.1, 0.15) is 10.5 Å². The van der Waals surface area contributed by atoms with Gasteiger partial charge in [0.2, 0.25) is 0 Å². The van der Waals surface area contributed by atoms with Crippen molar-refractivity contribution in [1.82, 2.24) is 9.97 Å². The van der Waals surface area contributed by atoms with Crippen LogP contribution in [0.3, 0.4) is 0 Å². The third-order valence-corrected chi connectivity index (χ3v) is 0.980. The molecule has 0 saturated heterocycles. The first kappa shape index (κ1) is 10.6. The highest BCUT2D eigenvalue weighted by atomic mass is 79.9. The Morgan fingerprint density at radius 2 is 1.92 bits per heavy atom. The van der Waals surface area contributed by atoms with Gasteiger partial charge in [0.25, 0.3) is 5.56 Å². The zero-order chi connectivity index (χ0) is 8.43. The Hall–Kier alpha value is -1.37. The molecule has 1 heterocycles. The molecule has 0 fully saturated rings. The minimum Gasteiger partial charge on any atom is -1.00 e. The van der Waals surface area contributed by atoms with Crippen LogP contribution in [-0.2, 0) is 0 Å². The molecular formula is C5H3BrN2O4-2.